The molecule has 0 aliphatic rings. The summed E-state index contributed by atoms with van der Waals surface area (Å²) in [6, 6.07) is 4.08. The second-order valence-corrected chi connectivity index (χ2v) is 6.84. The molecular weight excluding hydrogens is 377 g/mol. The highest BCUT2D eigenvalue weighted by Gasteiger charge is 2.34. The Bertz CT molecular complexity index is 936. The van der Waals surface area contributed by atoms with Crippen molar-refractivity contribution < 1.29 is 22.7 Å². The third-order valence-electron chi connectivity index (χ3n) is 4.01. The standard InChI is InChI=1S/C18H21F3N4O3/c1-17(2,11-7-6-10(18(19,20)21)8-13(11)28-5)24-15(27)12-9-14(26)23-16(22-12)25(3)4/h6-9H,1-5H3,(H,24,27)(H,22,23,26). The molecule has 0 spiro atoms. The quantitative estimate of drug-likeness (QED) is 0.808. The van der Waals surface area contributed by atoms with Gasteiger partial charge in [0.05, 0.1) is 18.2 Å². The van der Waals surface area contributed by atoms with E-state index < -0.39 is 28.7 Å². The van der Waals surface area contributed by atoms with E-state index in [1.807, 2.05) is 0 Å². The molecule has 2 aromatic rings. The molecule has 2 N–H and O–H groups in total. The maximum Gasteiger partial charge on any atom is 0.416 e. The molecule has 0 saturated carbocycles. The number of carbonyl (C=O) groups excluding carboxylic acids is 1. The third-order valence-corrected chi connectivity index (χ3v) is 4.01. The van der Waals surface area contributed by atoms with Crippen LogP contribution in [0.15, 0.2) is 29.1 Å². The number of nitrogens with zero attached hydrogens (tertiary/aromatic N) is 2. The Morgan fingerprint density at radius 3 is 2.39 bits per heavy atom. The summed E-state index contributed by atoms with van der Waals surface area (Å²) in [5.41, 5.74) is -2.24. The second-order valence-electron chi connectivity index (χ2n) is 6.84. The summed E-state index contributed by atoms with van der Waals surface area (Å²) >= 11 is 0. The molecule has 152 valence electrons. The minimum absolute atomic E-state index is 0.0204. The highest BCUT2D eigenvalue weighted by molar-refractivity contribution is 5.93. The molecule has 0 aliphatic heterocycles. The Morgan fingerprint density at radius 1 is 1.21 bits per heavy atom. The number of nitrogens with one attached hydrogen (secondary N) is 2. The van der Waals surface area contributed by atoms with Gasteiger partial charge in [0.2, 0.25) is 5.95 Å². The lowest BCUT2D eigenvalue weighted by molar-refractivity contribution is -0.137. The first-order valence-electron chi connectivity index (χ1n) is 8.22. The van der Waals surface area contributed by atoms with Gasteiger partial charge in [-0.3, -0.25) is 14.6 Å². The summed E-state index contributed by atoms with van der Waals surface area (Å²) in [6.45, 7) is 3.21. The molecule has 28 heavy (non-hydrogen) atoms. The van der Waals surface area contributed by atoms with Crippen molar-refractivity contribution in [3.8, 4) is 5.75 Å². The number of carbonyl (C=O) groups is 1. The lowest BCUT2D eigenvalue weighted by Gasteiger charge is -2.29. The number of aromatic amines is 1. The first-order chi connectivity index (χ1) is 12.8. The Hall–Kier alpha value is -3.04. The van der Waals surface area contributed by atoms with E-state index in [0.29, 0.717) is 5.56 Å². The van der Waals surface area contributed by atoms with E-state index in [-0.39, 0.29) is 17.4 Å². The van der Waals surface area contributed by atoms with Gasteiger partial charge >= 0.3 is 6.18 Å². The number of hydrogen-bond donors (Lipinski definition) is 2. The number of ether oxygens (including phenoxy) is 1. The lowest BCUT2D eigenvalue weighted by Crippen LogP contribution is -2.42. The molecule has 7 nitrogen and oxygen atoms in total. The highest BCUT2D eigenvalue weighted by Crippen LogP contribution is 2.36. The largest absolute Gasteiger partial charge is 0.496 e. The predicted molar refractivity (Wildman–Crippen MR) is 97.7 cm³/mol. The van der Waals surface area contributed by atoms with Crippen LogP contribution in [0.5, 0.6) is 5.75 Å². The van der Waals surface area contributed by atoms with E-state index in [2.05, 4.69) is 15.3 Å². The maximum absolute atomic E-state index is 12.9. The molecule has 0 aliphatic carbocycles. The van der Waals surface area contributed by atoms with Gasteiger partial charge in [-0.25, -0.2) is 4.98 Å². The zero-order valence-corrected chi connectivity index (χ0v) is 16.1. The van der Waals surface area contributed by atoms with Gasteiger partial charge in [0.15, 0.2) is 0 Å². The number of benzene rings is 1. The van der Waals surface area contributed by atoms with Crippen molar-refractivity contribution in [3.05, 3.63) is 51.4 Å². The highest BCUT2D eigenvalue weighted by atomic mass is 19.4. The number of alkyl halides is 3. The van der Waals surface area contributed by atoms with Gasteiger partial charge in [-0.15, -0.1) is 0 Å². The molecule has 1 aromatic heterocycles. The van der Waals surface area contributed by atoms with Crippen molar-refractivity contribution in [2.24, 2.45) is 0 Å². The molecule has 0 fully saturated rings. The van der Waals surface area contributed by atoms with E-state index >= 15 is 0 Å². The van der Waals surface area contributed by atoms with Gasteiger partial charge in [-0.05, 0) is 26.0 Å². The molecule has 0 bridgehead atoms. The smallest absolute Gasteiger partial charge is 0.416 e. The molecule has 0 atom stereocenters. The fraction of sp³-hybridized carbons (Fsp3) is 0.389. The second kappa shape index (κ2) is 7.53. The van der Waals surface area contributed by atoms with Crippen LogP contribution in [0.1, 0.15) is 35.5 Å². The van der Waals surface area contributed by atoms with Gasteiger partial charge in [-0.1, -0.05) is 6.07 Å². The van der Waals surface area contributed by atoms with E-state index in [9.17, 15) is 22.8 Å². The number of rotatable bonds is 5. The van der Waals surface area contributed by atoms with Crippen LogP contribution >= 0.6 is 0 Å². The fourth-order valence-electron chi connectivity index (χ4n) is 2.57. The zero-order chi connectivity index (χ0) is 21.3. The average molecular weight is 398 g/mol. The predicted octanol–water partition coefficient (Wildman–Crippen LogP) is 2.53. The number of amides is 1. The van der Waals surface area contributed by atoms with Crippen LogP contribution in [-0.4, -0.2) is 37.1 Å². The molecular formula is C18H21F3N4O3. The van der Waals surface area contributed by atoms with E-state index in [1.165, 1.54) is 18.1 Å². The van der Waals surface area contributed by atoms with Crippen molar-refractivity contribution in [3.63, 3.8) is 0 Å². The normalized spacial score (nSPS) is 11.9. The average Bonchev–Trinajstić information content (AvgIpc) is 2.59. The zero-order valence-electron chi connectivity index (χ0n) is 16.1. The van der Waals surface area contributed by atoms with Crippen LogP contribution in [0.4, 0.5) is 19.1 Å². The van der Waals surface area contributed by atoms with Crippen LogP contribution in [-0.2, 0) is 11.7 Å². The number of methoxy groups -OCH3 is 1. The van der Waals surface area contributed by atoms with Gasteiger partial charge < -0.3 is 15.0 Å². The van der Waals surface area contributed by atoms with Crippen molar-refractivity contribution in [1.29, 1.82) is 0 Å². The Balaban J connectivity index is 2.38. The molecule has 0 radical (unpaired) electrons. The molecule has 1 aromatic carbocycles. The first kappa shape index (κ1) is 21.3. The van der Waals surface area contributed by atoms with Gasteiger partial charge in [0, 0.05) is 25.7 Å². The minimum atomic E-state index is -4.52. The SMILES string of the molecule is COc1cc(C(F)(F)F)ccc1C(C)(C)NC(=O)c1cc(=O)[nH]c(N(C)C)n1. The molecule has 2 rings (SSSR count). The molecule has 1 amide bonds. The van der Waals surface area contributed by atoms with Crippen molar-refractivity contribution in [2.75, 3.05) is 26.1 Å². The number of anilines is 1. The monoisotopic (exact) mass is 398 g/mol. The Morgan fingerprint density at radius 2 is 1.86 bits per heavy atom. The van der Waals surface area contributed by atoms with E-state index in [0.717, 1.165) is 18.2 Å². The van der Waals surface area contributed by atoms with E-state index in [1.54, 1.807) is 27.9 Å². The maximum atomic E-state index is 12.9. The van der Waals surface area contributed by atoms with Crippen LogP contribution in [0.2, 0.25) is 0 Å². The third kappa shape index (κ3) is 4.62. The minimum Gasteiger partial charge on any atom is -0.496 e. The van der Waals surface area contributed by atoms with Crippen LogP contribution in [0, 0.1) is 0 Å². The van der Waals surface area contributed by atoms with Crippen LogP contribution in [0.3, 0.4) is 0 Å². The topological polar surface area (TPSA) is 87.3 Å². The number of aromatic nitrogens is 2. The summed E-state index contributed by atoms with van der Waals surface area (Å²) in [6.07, 6.45) is -4.52. The van der Waals surface area contributed by atoms with E-state index in [4.69, 9.17) is 4.74 Å². The number of hydrogen-bond acceptors (Lipinski definition) is 5. The summed E-state index contributed by atoms with van der Waals surface area (Å²) in [4.78, 5) is 32.5. The molecule has 0 saturated heterocycles. The van der Waals surface area contributed by atoms with Crippen molar-refractivity contribution in [2.45, 2.75) is 25.6 Å². The lowest BCUT2D eigenvalue weighted by atomic mass is 9.92. The van der Waals surface area contributed by atoms with Crippen molar-refractivity contribution in [1.82, 2.24) is 15.3 Å². The first-order valence-corrected chi connectivity index (χ1v) is 8.22. The summed E-state index contributed by atoms with van der Waals surface area (Å²) in [5, 5.41) is 2.68. The molecule has 10 heteroatoms. The van der Waals surface area contributed by atoms with Gasteiger partial charge in [-0.2, -0.15) is 13.2 Å². The summed E-state index contributed by atoms with van der Waals surface area (Å²) in [5.74, 6) is -0.475. The Kier molecular flexibility index (Phi) is 5.72. The van der Waals surface area contributed by atoms with Crippen molar-refractivity contribution >= 4 is 11.9 Å². The van der Waals surface area contributed by atoms with Gasteiger partial charge in [0.1, 0.15) is 11.4 Å². The summed E-state index contributed by atoms with van der Waals surface area (Å²) in [7, 11) is 4.55. The molecule has 0 unspecified atom stereocenters. The van der Waals surface area contributed by atoms with Gasteiger partial charge in [0.25, 0.3) is 11.5 Å². The number of halogens is 3. The Labute approximate surface area is 159 Å². The number of H-pyrrole nitrogens is 1. The van der Waals surface area contributed by atoms with Crippen LogP contribution < -0.4 is 20.5 Å². The molecule has 1 heterocycles. The van der Waals surface area contributed by atoms with Crippen LogP contribution in [0.25, 0.3) is 0 Å². The fourth-order valence-corrected chi connectivity index (χ4v) is 2.57. The summed E-state index contributed by atoms with van der Waals surface area (Å²) < 4.78 is 43.9.